The molecule has 0 atom stereocenters. The number of aryl methyl sites for hydroxylation is 1. The van der Waals surface area contributed by atoms with E-state index in [0.29, 0.717) is 33.8 Å². The molecule has 0 radical (unpaired) electrons. The van der Waals surface area contributed by atoms with Crippen LogP contribution in [0.2, 0.25) is 5.02 Å². The van der Waals surface area contributed by atoms with E-state index in [4.69, 9.17) is 20.9 Å². The van der Waals surface area contributed by atoms with Gasteiger partial charge in [-0.1, -0.05) is 16.8 Å². The number of imidazole rings is 1. The van der Waals surface area contributed by atoms with E-state index in [2.05, 4.69) is 20.4 Å². The molecule has 0 aliphatic heterocycles. The van der Waals surface area contributed by atoms with Gasteiger partial charge in [0.05, 0.1) is 17.3 Å². The summed E-state index contributed by atoms with van der Waals surface area (Å²) in [5.41, 5.74) is 1.68. The first-order chi connectivity index (χ1) is 11.1. The van der Waals surface area contributed by atoms with Crippen LogP contribution in [0.25, 0.3) is 5.65 Å². The van der Waals surface area contributed by atoms with E-state index in [0.717, 1.165) is 0 Å². The number of hydrogen-bond acceptors (Lipinski definition) is 6. The molecule has 0 spiro atoms. The van der Waals surface area contributed by atoms with Gasteiger partial charge >= 0.3 is 0 Å². The quantitative estimate of drug-likeness (QED) is 0.763. The maximum absolute atomic E-state index is 12.4. The molecular weight excluding hydrogens is 322 g/mol. The zero-order chi connectivity index (χ0) is 16.4. The van der Waals surface area contributed by atoms with Gasteiger partial charge in [0.1, 0.15) is 17.9 Å². The van der Waals surface area contributed by atoms with E-state index < -0.39 is 0 Å². The number of ether oxygens (including phenoxy) is 1. The van der Waals surface area contributed by atoms with Crippen LogP contribution in [0.15, 0.2) is 22.9 Å². The highest BCUT2D eigenvalue weighted by atomic mass is 35.5. The molecule has 9 heteroatoms. The smallest absolute Gasteiger partial charge is 0.270 e. The van der Waals surface area contributed by atoms with Gasteiger partial charge in [-0.2, -0.15) is 4.98 Å². The number of halogens is 1. The lowest BCUT2D eigenvalue weighted by Crippen LogP contribution is -2.25. The van der Waals surface area contributed by atoms with Crippen molar-refractivity contribution in [3.63, 3.8) is 0 Å². The molecule has 3 aromatic heterocycles. The molecule has 1 N–H and O–H groups in total. The summed E-state index contributed by atoms with van der Waals surface area (Å²) in [6, 6.07) is 3.48. The summed E-state index contributed by atoms with van der Waals surface area (Å²) in [5, 5.41) is 7.02. The van der Waals surface area contributed by atoms with Gasteiger partial charge in [0.15, 0.2) is 5.82 Å². The van der Waals surface area contributed by atoms with Gasteiger partial charge in [0.2, 0.25) is 0 Å². The molecule has 120 valence electrons. The van der Waals surface area contributed by atoms with E-state index in [9.17, 15) is 4.79 Å². The number of carbonyl (C=O) groups excluding carboxylic acids is 1. The highest BCUT2D eigenvalue weighted by molar-refractivity contribution is 6.30. The van der Waals surface area contributed by atoms with Gasteiger partial charge in [0, 0.05) is 13.3 Å². The lowest BCUT2D eigenvalue weighted by molar-refractivity contribution is 0.0943. The maximum atomic E-state index is 12.4. The Hall–Kier alpha value is -2.45. The third-order valence-electron chi connectivity index (χ3n) is 3.16. The first-order valence-electron chi connectivity index (χ1n) is 6.81. The Morgan fingerprint density at radius 2 is 2.26 bits per heavy atom. The molecule has 0 fully saturated rings. The fourth-order valence-electron chi connectivity index (χ4n) is 2.20. The molecule has 0 bridgehead atoms. The van der Waals surface area contributed by atoms with Crippen molar-refractivity contribution in [3.8, 4) is 0 Å². The standard InChI is InChI=1S/C14H14ClN5O3/c1-8-13(20-6-9(15)3-4-11(20)17-8)14(21)16-5-10-18-12(7-22-2)23-19-10/h3-4,6H,5,7H2,1-2H3,(H,16,21). The fraction of sp³-hybridized carbons (Fsp3) is 0.286. The van der Waals surface area contributed by atoms with Gasteiger partial charge in [-0.15, -0.1) is 0 Å². The van der Waals surface area contributed by atoms with Crippen LogP contribution in [0.3, 0.4) is 0 Å². The Morgan fingerprint density at radius 3 is 3.04 bits per heavy atom. The molecule has 3 aromatic rings. The monoisotopic (exact) mass is 335 g/mol. The number of fused-ring (bicyclic) bond motifs is 1. The largest absolute Gasteiger partial charge is 0.375 e. The Kier molecular flexibility index (Phi) is 4.26. The van der Waals surface area contributed by atoms with Crippen LogP contribution in [0, 0.1) is 6.92 Å². The Labute approximate surface area is 136 Å². The number of rotatable bonds is 5. The summed E-state index contributed by atoms with van der Waals surface area (Å²) < 4.78 is 11.5. The number of nitrogens with one attached hydrogen (secondary N) is 1. The maximum Gasteiger partial charge on any atom is 0.270 e. The van der Waals surface area contributed by atoms with Crippen molar-refractivity contribution in [3.05, 3.63) is 46.5 Å². The number of nitrogens with zero attached hydrogens (tertiary/aromatic N) is 4. The third-order valence-corrected chi connectivity index (χ3v) is 3.38. The topological polar surface area (TPSA) is 94.5 Å². The summed E-state index contributed by atoms with van der Waals surface area (Å²) in [5.74, 6) is 0.430. The van der Waals surface area contributed by atoms with E-state index in [1.165, 1.54) is 7.11 Å². The Bertz CT molecular complexity index is 857. The molecule has 0 aliphatic carbocycles. The molecule has 0 aliphatic rings. The summed E-state index contributed by atoms with van der Waals surface area (Å²) in [6.07, 6.45) is 1.65. The van der Waals surface area contributed by atoms with E-state index in [1.807, 2.05) is 0 Å². The number of methoxy groups -OCH3 is 1. The number of aromatic nitrogens is 4. The van der Waals surface area contributed by atoms with Crippen LogP contribution in [0.5, 0.6) is 0 Å². The molecule has 0 unspecified atom stereocenters. The van der Waals surface area contributed by atoms with Crippen molar-refractivity contribution in [1.82, 2.24) is 24.8 Å². The Morgan fingerprint density at radius 1 is 1.43 bits per heavy atom. The van der Waals surface area contributed by atoms with Crippen molar-refractivity contribution >= 4 is 23.2 Å². The predicted molar refractivity (Wildman–Crippen MR) is 81.1 cm³/mol. The molecule has 23 heavy (non-hydrogen) atoms. The second-order valence-electron chi connectivity index (χ2n) is 4.84. The average Bonchev–Trinajstić information content (AvgIpc) is 3.08. The van der Waals surface area contributed by atoms with Crippen molar-refractivity contribution in [2.45, 2.75) is 20.1 Å². The normalized spacial score (nSPS) is 11.1. The highest BCUT2D eigenvalue weighted by Gasteiger charge is 2.17. The average molecular weight is 336 g/mol. The van der Waals surface area contributed by atoms with E-state index in [-0.39, 0.29) is 19.1 Å². The van der Waals surface area contributed by atoms with Crippen LogP contribution >= 0.6 is 11.6 Å². The summed E-state index contributed by atoms with van der Waals surface area (Å²) in [4.78, 5) is 20.9. The van der Waals surface area contributed by atoms with Gasteiger partial charge in [-0.05, 0) is 19.1 Å². The lowest BCUT2D eigenvalue weighted by atomic mass is 10.3. The van der Waals surface area contributed by atoms with Gasteiger partial charge in [-0.3, -0.25) is 9.20 Å². The minimum Gasteiger partial charge on any atom is -0.375 e. The summed E-state index contributed by atoms with van der Waals surface area (Å²) in [6.45, 7) is 2.13. The molecular formula is C14H14ClN5O3. The zero-order valence-electron chi connectivity index (χ0n) is 12.5. The minimum absolute atomic E-state index is 0.138. The van der Waals surface area contributed by atoms with Crippen molar-refractivity contribution < 1.29 is 14.1 Å². The molecule has 3 rings (SSSR count). The number of carbonyl (C=O) groups is 1. The first-order valence-corrected chi connectivity index (χ1v) is 7.19. The van der Waals surface area contributed by atoms with Crippen LogP contribution < -0.4 is 5.32 Å². The molecule has 3 heterocycles. The fourth-order valence-corrected chi connectivity index (χ4v) is 2.36. The highest BCUT2D eigenvalue weighted by Crippen LogP contribution is 2.16. The van der Waals surface area contributed by atoms with Crippen LogP contribution in [-0.2, 0) is 17.9 Å². The lowest BCUT2D eigenvalue weighted by Gasteiger charge is -2.04. The van der Waals surface area contributed by atoms with Crippen molar-refractivity contribution in [2.24, 2.45) is 0 Å². The number of hydrogen-bond donors (Lipinski definition) is 1. The minimum atomic E-state index is -0.296. The molecule has 1 amide bonds. The third kappa shape index (κ3) is 3.17. The van der Waals surface area contributed by atoms with E-state index >= 15 is 0 Å². The zero-order valence-corrected chi connectivity index (χ0v) is 13.3. The molecule has 0 saturated heterocycles. The van der Waals surface area contributed by atoms with Gasteiger partial charge in [0.25, 0.3) is 11.8 Å². The number of pyridine rings is 1. The second-order valence-corrected chi connectivity index (χ2v) is 5.28. The number of amides is 1. The predicted octanol–water partition coefficient (Wildman–Crippen LogP) is 1.76. The van der Waals surface area contributed by atoms with Crippen molar-refractivity contribution in [1.29, 1.82) is 0 Å². The molecule has 8 nitrogen and oxygen atoms in total. The Balaban J connectivity index is 1.77. The van der Waals surface area contributed by atoms with Gasteiger partial charge < -0.3 is 14.6 Å². The molecule has 0 saturated carbocycles. The second kappa shape index (κ2) is 6.35. The molecule has 0 aromatic carbocycles. The van der Waals surface area contributed by atoms with Crippen molar-refractivity contribution in [2.75, 3.05) is 7.11 Å². The summed E-state index contributed by atoms with van der Waals surface area (Å²) in [7, 11) is 1.53. The van der Waals surface area contributed by atoms with E-state index in [1.54, 1.807) is 29.7 Å². The van der Waals surface area contributed by atoms with Crippen LogP contribution in [0.1, 0.15) is 27.9 Å². The SMILES string of the molecule is COCc1nc(CNC(=O)c2c(C)nc3ccc(Cl)cn23)no1. The van der Waals surface area contributed by atoms with Crippen LogP contribution in [-0.4, -0.2) is 32.5 Å². The van der Waals surface area contributed by atoms with Gasteiger partial charge in [-0.25, -0.2) is 4.98 Å². The van der Waals surface area contributed by atoms with Crippen LogP contribution in [0.4, 0.5) is 0 Å². The summed E-state index contributed by atoms with van der Waals surface area (Å²) >= 11 is 5.99. The first kappa shape index (κ1) is 15.4.